The maximum absolute atomic E-state index is 13.2. The summed E-state index contributed by atoms with van der Waals surface area (Å²) in [6.45, 7) is 3.13. The van der Waals surface area contributed by atoms with E-state index in [1.807, 2.05) is 0 Å². The molecule has 5 heteroatoms. The molecule has 3 nitrogen and oxygen atoms in total. The van der Waals surface area contributed by atoms with Gasteiger partial charge in [0, 0.05) is 5.30 Å². The molecule has 0 aromatic heterocycles. The van der Waals surface area contributed by atoms with Crippen molar-refractivity contribution < 1.29 is 13.7 Å². The van der Waals surface area contributed by atoms with Gasteiger partial charge in [0.05, 0.1) is 7.11 Å². The number of hydrogen-bond donors (Lipinski definition) is 1. The van der Waals surface area contributed by atoms with Crippen molar-refractivity contribution in [3.63, 3.8) is 0 Å². The molecule has 2 N–H and O–H groups in total. The molecule has 0 radical (unpaired) electrons. The predicted octanol–water partition coefficient (Wildman–Crippen LogP) is 1.66. The summed E-state index contributed by atoms with van der Waals surface area (Å²) in [5.74, 6) is -0.368. The minimum Gasteiger partial charge on any atom is -0.494 e. The lowest BCUT2D eigenvalue weighted by atomic mass is 10.3. The molecule has 0 bridgehead atoms. The van der Waals surface area contributed by atoms with Crippen LogP contribution < -0.4 is 15.8 Å². The monoisotopic (exact) mass is 217 g/mol. The fourth-order valence-electron chi connectivity index (χ4n) is 1.06. The molecule has 1 aromatic rings. The SMILES string of the molecule is COc1cc(P(C)(C)=O)cc(F)c1N. The van der Waals surface area contributed by atoms with Crippen molar-refractivity contribution in [3.8, 4) is 5.75 Å². The zero-order valence-electron chi connectivity index (χ0n) is 8.37. The zero-order chi connectivity index (χ0) is 10.9. The molecule has 78 valence electrons. The first-order valence-electron chi connectivity index (χ1n) is 4.05. The summed E-state index contributed by atoms with van der Waals surface area (Å²) in [5, 5.41) is 0.432. The van der Waals surface area contributed by atoms with Crippen molar-refractivity contribution in [2.45, 2.75) is 0 Å². The van der Waals surface area contributed by atoms with Gasteiger partial charge >= 0.3 is 0 Å². The summed E-state index contributed by atoms with van der Waals surface area (Å²) < 4.78 is 29.8. The van der Waals surface area contributed by atoms with E-state index in [1.54, 1.807) is 13.3 Å². The van der Waals surface area contributed by atoms with Gasteiger partial charge in [0.2, 0.25) is 0 Å². The smallest absolute Gasteiger partial charge is 0.150 e. The van der Waals surface area contributed by atoms with Gasteiger partial charge in [-0.1, -0.05) is 0 Å². The molecule has 0 unspecified atom stereocenters. The Hall–Kier alpha value is -1.02. The molecule has 0 aliphatic heterocycles. The highest BCUT2D eigenvalue weighted by atomic mass is 31.2. The molecular weight excluding hydrogens is 204 g/mol. The molecule has 0 atom stereocenters. The third kappa shape index (κ3) is 2.07. The first kappa shape index (κ1) is 11.1. The van der Waals surface area contributed by atoms with Gasteiger partial charge in [-0.25, -0.2) is 4.39 Å². The highest BCUT2D eigenvalue weighted by Crippen LogP contribution is 2.37. The second-order valence-electron chi connectivity index (χ2n) is 3.39. The van der Waals surface area contributed by atoms with Gasteiger partial charge in [0.15, 0.2) is 5.82 Å². The third-order valence-corrected chi connectivity index (χ3v) is 3.42. The number of anilines is 1. The van der Waals surface area contributed by atoms with Gasteiger partial charge < -0.3 is 15.0 Å². The molecule has 0 amide bonds. The minimum absolute atomic E-state index is 0.0512. The highest BCUT2D eigenvalue weighted by molar-refractivity contribution is 7.70. The number of halogens is 1. The zero-order valence-corrected chi connectivity index (χ0v) is 9.27. The van der Waals surface area contributed by atoms with E-state index in [2.05, 4.69) is 0 Å². The number of ether oxygens (including phenoxy) is 1. The molecule has 0 saturated carbocycles. The Balaban J connectivity index is 3.38. The average molecular weight is 217 g/mol. The lowest BCUT2D eigenvalue weighted by Gasteiger charge is -2.11. The number of nitrogen functional groups attached to an aromatic ring is 1. The summed E-state index contributed by atoms with van der Waals surface area (Å²) in [4.78, 5) is 0. The Kier molecular flexibility index (Phi) is 2.86. The third-order valence-electron chi connectivity index (χ3n) is 1.92. The van der Waals surface area contributed by atoms with Crippen LogP contribution in [0.1, 0.15) is 0 Å². The Bertz CT molecular complexity index is 400. The maximum Gasteiger partial charge on any atom is 0.150 e. The van der Waals surface area contributed by atoms with E-state index < -0.39 is 13.0 Å². The van der Waals surface area contributed by atoms with Gasteiger partial charge in [0.25, 0.3) is 0 Å². The van der Waals surface area contributed by atoms with Gasteiger partial charge in [-0.3, -0.25) is 0 Å². The second kappa shape index (κ2) is 3.62. The molecular formula is C9H13FNO2P. The van der Waals surface area contributed by atoms with Crippen LogP contribution in [-0.2, 0) is 4.57 Å². The average Bonchev–Trinajstić information content (AvgIpc) is 2.07. The van der Waals surface area contributed by atoms with Crippen LogP contribution in [0.15, 0.2) is 12.1 Å². The van der Waals surface area contributed by atoms with E-state index in [0.29, 0.717) is 5.30 Å². The van der Waals surface area contributed by atoms with Crippen molar-refractivity contribution in [1.29, 1.82) is 0 Å². The van der Waals surface area contributed by atoms with Crippen molar-refractivity contribution in [2.75, 3.05) is 26.2 Å². The topological polar surface area (TPSA) is 52.3 Å². The van der Waals surface area contributed by atoms with Crippen LogP contribution in [-0.4, -0.2) is 20.4 Å². The Morgan fingerprint density at radius 2 is 2.00 bits per heavy atom. The quantitative estimate of drug-likeness (QED) is 0.605. The summed E-state index contributed by atoms with van der Waals surface area (Å²) in [7, 11) is -1.09. The number of benzene rings is 1. The largest absolute Gasteiger partial charge is 0.494 e. The van der Waals surface area contributed by atoms with Gasteiger partial charge in [0.1, 0.15) is 18.6 Å². The van der Waals surface area contributed by atoms with Crippen molar-refractivity contribution in [1.82, 2.24) is 0 Å². The number of methoxy groups -OCH3 is 1. The van der Waals surface area contributed by atoms with Crippen LogP contribution in [0.4, 0.5) is 10.1 Å². The van der Waals surface area contributed by atoms with E-state index in [1.165, 1.54) is 19.2 Å². The van der Waals surface area contributed by atoms with E-state index in [4.69, 9.17) is 10.5 Å². The standard InChI is InChI=1S/C9H13FNO2P/c1-13-8-5-6(14(2,3)12)4-7(10)9(8)11/h4-5H,11H2,1-3H3. The van der Waals surface area contributed by atoms with E-state index in [0.717, 1.165) is 0 Å². The van der Waals surface area contributed by atoms with E-state index >= 15 is 0 Å². The van der Waals surface area contributed by atoms with Crippen molar-refractivity contribution in [2.24, 2.45) is 0 Å². The van der Waals surface area contributed by atoms with E-state index in [-0.39, 0.29) is 11.4 Å². The van der Waals surface area contributed by atoms with Crippen LogP contribution in [0.5, 0.6) is 5.75 Å². The number of nitrogens with two attached hydrogens (primary N) is 1. The Morgan fingerprint density at radius 3 is 2.43 bits per heavy atom. The minimum atomic E-state index is -2.48. The second-order valence-corrected chi connectivity index (χ2v) is 6.61. The molecule has 1 rings (SSSR count). The number of rotatable bonds is 2. The lowest BCUT2D eigenvalue weighted by molar-refractivity contribution is 0.414. The van der Waals surface area contributed by atoms with Gasteiger partial charge in [-0.2, -0.15) is 0 Å². The van der Waals surface area contributed by atoms with Gasteiger partial charge in [-0.15, -0.1) is 0 Å². The fraction of sp³-hybridized carbons (Fsp3) is 0.333. The Labute approximate surface area is 82.4 Å². The molecule has 0 spiro atoms. The fourth-order valence-corrected chi connectivity index (χ4v) is 1.91. The Morgan fingerprint density at radius 1 is 1.43 bits per heavy atom. The van der Waals surface area contributed by atoms with Crippen LogP contribution in [0, 0.1) is 5.82 Å². The van der Waals surface area contributed by atoms with Crippen molar-refractivity contribution in [3.05, 3.63) is 17.9 Å². The molecule has 0 heterocycles. The van der Waals surface area contributed by atoms with E-state index in [9.17, 15) is 8.96 Å². The molecule has 0 fully saturated rings. The van der Waals surface area contributed by atoms with Crippen LogP contribution in [0.2, 0.25) is 0 Å². The molecule has 14 heavy (non-hydrogen) atoms. The maximum atomic E-state index is 13.2. The van der Waals surface area contributed by atoms with Crippen molar-refractivity contribution >= 4 is 18.1 Å². The summed E-state index contributed by atoms with van der Waals surface area (Å²) in [6, 6.07) is 2.71. The van der Waals surface area contributed by atoms with Crippen LogP contribution in [0.3, 0.4) is 0 Å². The van der Waals surface area contributed by atoms with Gasteiger partial charge in [-0.05, 0) is 25.5 Å². The normalized spacial score (nSPS) is 11.4. The first-order valence-corrected chi connectivity index (χ1v) is 6.65. The molecule has 0 aliphatic rings. The summed E-state index contributed by atoms with van der Waals surface area (Å²) in [6.07, 6.45) is 0. The van der Waals surface area contributed by atoms with Crippen LogP contribution >= 0.6 is 7.14 Å². The van der Waals surface area contributed by atoms with Crippen LogP contribution in [0.25, 0.3) is 0 Å². The lowest BCUT2D eigenvalue weighted by Crippen LogP contribution is -2.08. The molecule has 0 aliphatic carbocycles. The highest BCUT2D eigenvalue weighted by Gasteiger charge is 2.16. The first-order chi connectivity index (χ1) is 6.36. The molecule has 1 aromatic carbocycles. The number of hydrogen-bond acceptors (Lipinski definition) is 3. The predicted molar refractivity (Wildman–Crippen MR) is 56.5 cm³/mol. The summed E-state index contributed by atoms with van der Waals surface area (Å²) in [5.41, 5.74) is 5.36. The molecule has 0 saturated heterocycles. The summed E-state index contributed by atoms with van der Waals surface area (Å²) >= 11 is 0.